The molecular formula is C4H7N2S+. The number of rotatable bonds is 0. The van der Waals surface area contributed by atoms with E-state index < -0.39 is 0 Å². The van der Waals surface area contributed by atoms with Crippen LogP contribution in [0.3, 0.4) is 0 Å². The number of aryl methyl sites for hydroxylation is 1. The minimum atomic E-state index is 1.69. The molecule has 1 heterocycles. The summed E-state index contributed by atoms with van der Waals surface area (Å²) in [6.07, 6.45) is 5.65. The van der Waals surface area contributed by atoms with Crippen LogP contribution in [0, 0.1) is 0 Å². The standard InChI is InChI=1S/C4H7N2S/c1-5-2-3-6(7)4-5/h2-4,7H,1H3/q+1. The summed E-state index contributed by atoms with van der Waals surface area (Å²) in [7, 11) is 1.95. The molecule has 0 spiro atoms. The Morgan fingerprint density at radius 2 is 2.43 bits per heavy atom. The Morgan fingerprint density at radius 3 is 2.57 bits per heavy atom. The van der Waals surface area contributed by atoms with Crippen molar-refractivity contribution in [1.82, 2.24) is 3.97 Å². The maximum atomic E-state index is 4.00. The molecule has 0 bridgehead atoms. The molecule has 0 aromatic carbocycles. The molecule has 3 heteroatoms. The van der Waals surface area contributed by atoms with Crippen molar-refractivity contribution in [3.63, 3.8) is 0 Å². The van der Waals surface area contributed by atoms with E-state index in [4.69, 9.17) is 0 Å². The average molecular weight is 115 g/mol. The van der Waals surface area contributed by atoms with Gasteiger partial charge < -0.3 is 0 Å². The second-order valence-electron chi connectivity index (χ2n) is 1.46. The smallest absolute Gasteiger partial charge is 0.239 e. The SMILES string of the molecule is C[n+]1ccn(S)c1. The molecule has 0 aliphatic rings. The lowest BCUT2D eigenvalue weighted by atomic mass is 10.9. The third-order valence-electron chi connectivity index (χ3n) is 0.755. The van der Waals surface area contributed by atoms with E-state index >= 15 is 0 Å². The minimum Gasteiger partial charge on any atom is -0.239 e. The number of thiol groups is 1. The second-order valence-corrected chi connectivity index (χ2v) is 1.92. The monoisotopic (exact) mass is 115 g/mol. The molecule has 1 aromatic rings. The first-order valence-electron chi connectivity index (χ1n) is 2.01. The van der Waals surface area contributed by atoms with Crippen LogP contribution in [0.25, 0.3) is 0 Å². The van der Waals surface area contributed by atoms with Crippen LogP contribution in [0.1, 0.15) is 0 Å². The largest absolute Gasteiger partial charge is 0.255 e. The normalized spacial score (nSPS) is 9.43. The zero-order valence-electron chi connectivity index (χ0n) is 4.07. The van der Waals surface area contributed by atoms with Gasteiger partial charge in [0.05, 0.1) is 7.05 Å². The predicted molar refractivity (Wildman–Crippen MR) is 30.0 cm³/mol. The molecule has 0 amide bonds. The Hall–Kier alpha value is -0.440. The van der Waals surface area contributed by atoms with Gasteiger partial charge in [-0.15, -0.1) is 0 Å². The molecule has 0 fully saturated rings. The summed E-state index contributed by atoms with van der Waals surface area (Å²) in [4.78, 5) is 0. The highest BCUT2D eigenvalue weighted by atomic mass is 32.1. The molecule has 0 N–H and O–H groups in total. The van der Waals surface area contributed by atoms with Crippen molar-refractivity contribution in [2.75, 3.05) is 0 Å². The van der Waals surface area contributed by atoms with Crippen LogP contribution in [0.2, 0.25) is 0 Å². The number of nitrogens with zero attached hydrogens (tertiary/aromatic N) is 2. The molecule has 0 aliphatic carbocycles. The summed E-state index contributed by atoms with van der Waals surface area (Å²) in [5, 5.41) is 0. The van der Waals surface area contributed by atoms with Crippen molar-refractivity contribution in [2.24, 2.45) is 7.05 Å². The van der Waals surface area contributed by atoms with E-state index in [-0.39, 0.29) is 0 Å². The lowest BCUT2D eigenvalue weighted by Crippen LogP contribution is -2.23. The molecule has 1 rings (SSSR count). The predicted octanol–water partition coefficient (Wildman–Crippen LogP) is 0.00550. The fraction of sp³-hybridized carbons (Fsp3) is 0.250. The summed E-state index contributed by atoms with van der Waals surface area (Å²) < 4.78 is 3.62. The quantitative estimate of drug-likeness (QED) is 0.360. The Labute approximate surface area is 47.9 Å². The van der Waals surface area contributed by atoms with E-state index in [9.17, 15) is 0 Å². The third-order valence-corrected chi connectivity index (χ3v) is 0.992. The molecular weight excluding hydrogens is 108 g/mol. The van der Waals surface area contributed by atoms with Gasteiger partial charge in [-0.2, -0.15) is 3.97 Å². The summed E-state index contributed by atoms with van der Waals surface area (Å²) in [5.41, 5.74) is 0. The first-order valence-corrected chi connectivity index (χ1v) is 2.41. The van der Waals surface area contributed by atoms with Gasteiger partial charge in [0.2, 0.25) is 0 Å². The highest BCUT2D eigenvalue weighted by Gasteiger charge is 1.88. The van der Waals surface area contributed by atoms with Gasteiger partial charge in [-0.1, -0.05) is 0 Å². The zero-order valence-corrected chi connectivity index (χ0v) is 4.97. The van der Waals surface area contributed by atoms with Crippen LogP contribution in [0.5, 0.6) is 0 Å². The lowest BCUT2D eigenvalue weighted by Gasteiger charge is -1.70. The Balaban J connectivity index is 3.04. The summed E-state index contributed by atoms with van der Waals surface area (Å²) in [6, 6.07) is 0. The Bertz CT molecular complexity index is 142. The van der Waals surface area contributed by atoms with Gasteiger partial charge in [-0.25, -0.2) is 4.57 Å². The molecule has 0 radical (unpaired) electrons. The number of aromatic nitrogens is 2. The minimum absolute atomic E-state index is 1.69. The molecule has 0 saturated carbocycles. The fourth-order valence-electron chi connectivity index (χ4n) is 0.437. The first kappa shape index (κ1) is 4.71. The van der Waals surface area contributed by atoms with E-state index in [1.807, 2.05) is 30.3 Å². The van der Waals surface area contributed by atoms with Crippen LogP contribution in [0.4, 0.5) is 0 Å². The topological polar surface area (TPSA) is 8.81 Å². The molecule has 1 aromatic heterocycles. The number of imidazole rings is 1. The van der Waals surface area contributed by atoms with Gasteiger partial charge in [-0.3, -0.25) is 0 Å². The molecule has 38 valence electrons. The molecule has 0 aliphatic heterocycles. The van der Waals surface area contributed by atoms with Gasteiger partial charge in [0.25, 0.3) is 6.33 Å². The molecule has 0 atom stereocenters. The number of hydrogen-bond donors (Lipinski definition) is 1. The van der Waals surface area contributed by atoms with E-state index in [0.717, 1.165) is 0 Å². The maximum absolute atomic E-state index is 4.00. The van der Waals surface area contributed by atoms with E-state index in [0.29, 0.717) is 0 Å². The second kappa shape index (κ2) is 1.58. The summed E-state index contributed by atoms with van der Waals surface area (Å²) >= 11 is 4.00. The molecule has 0 unspecified atom stereocenters. The highest BCUT2D eigenvalue weighted by molar-refractivity contribution is 7.78. The van der Waals surface area contributed by atoms with Crippen LogP contribution in [0.15, 0.2) is 18.7 Å². The van der Waals surface area contributed by atoms with E-state index in [2.05, 4.69) is 12.8 Å². The van der Waals surface area contributed by atoms with Crippen molar-refractivity contribution in [3.05, 3.63) is 18.7 Å². The molecule has 7 heavy (non-hydrogen) atoms. The zero-order chi connectivity index (χ0) is 5.28. The summed E-state index contributed by atoms with van der Waals surface area (Å²) in [6.45, 7) is 0. The van der Waals surface area contributed by atoms with Gasteiger partial charge >= 0.3 is 0 Å². The summed E-state index contributed by atoms with van der Waals surface area (Å²) in [5.74, 6) is 0. The van der Waals surface area contributed by atoms with Crippen molar-refractivity contribution in [3.8, 4) is 0 Å². The van der Waals surface area contributed by atoms with Crippen molar-refractivity contribution in [1.29, 1.82) is 0 Å². The number of hydrogen-bond acceptors (Lipinski definition) is 1. The van der Waals surface area contributed by atoms with Crippen LogP contribution < -0.4 is 4.57 Å². The lowest BCUT2D eigenvalue weighted by molar-refractivity contribution is -0.670. The Kier molecular flexibility index (Phi) is 1.06. The van der Waals surface area contributed by atoms with E-state index in [1.54, 1.807) is 3.97 Å². The Morgan fingerprint density at radius 1 is 1.71 bits per heavy atom. The molecule has 0 saturated heterocycles. The van der Waals surface area contributed by atoms with Crippen LogP contribution in [-0.2, 0) is 7.05 Å². The first-order chi connectivity index (χ1) is 3.29. The van der Waals surface area contributed by atoms with E-state index in [1.165, 1.54) is 0 Å². The maximum Gasteiger partial charge on any atom is 0.255 e. The molecule has 2 nitrogen and oxygen atoms in total. The van der Waals surface area contributed by atoms with Crippen molar-refractivity contribution in [2.45, 2.75) is 0 Å². The van der Waals surface area contributed by atoms with Gasteiger partial charge in [0, 0.05) is 12.8 Å². The van der Waals surface area contributed by atoms with Gasteiger partial charge in [-0.05, 0) is 0 Å². The van der Waals surface area contributed by atoms with Gasteiger partial charge in [0.15, 0.2) is 0 Å². The van der Waals surface area contributed by atoms with Crippen molar-refractivity contribution < 1.29 is 4.57 Å². The highest BCUT2D eigenvalue weighted by Crippen LogP contribution is 1.80. The van der Waals surface area contributed by atoms with Crippen LogP contribution in [-0.4, -0.2) is 3.97 Å². The van der Waals surface area contributed by atoms with Crippen LogP contribution >= 0.6 is 12.8 Å². The van der Waals surface area contributed by atoms with Gasteiger partial charge in [0.1, 0.15) is 12.4 Å². The average Bonchev–Trinajstić information content (AvgIpc) is 1.87. The van der Waals surface area contributed by atoms with Crippen molar-refractivity contribution >= 4 is 12.8 Å². The fourth-order valence-corrected chi connectivity index (χ4v) is 0.660. The third kappa shape index (κ3) is 0.962.